The van der Waals surface area contributed by atoms with Crippen molar-refractivity contribution in [2.24, 2.45) is 0 Å². The van der Waals surface area contributed by atoms with E-state index < -0.39 is 16.0 Å². The number of rotatable bonds is 7. The van der Waals surface area contributed by atoms with Gasteiger partial charge in [0, 0.05) is 30.7 Å². The summed E-state index contributed by atoms with van der Waals surface area (Å²) in [6.45, 7) is -0.000560. The average Bonchev–Trinajstić information content (AvgIpc) is 2.77. The van der Waals surface area contributed by atoms with Crippen molar-refractivity contribution in [1.82, 2.24) is 14.7 Å². The zero-order valence-corrected chi connectivity index (χ0v) is 16.6. The molecule has 0 spiro atoms. The first-order valence-corrected chi connectivity index (χ1v) is 10.0. The molecule has 2 heterocycles. The summed E-state index contributed by atoms with van der Waals surface area (Å²) in [6.07, 6.45) is 4.92. The highest BCUT2D eigenvalue weighted by Gasteiger charge is 2.22. The summed E-state index contributed by atoms with van der Waals surface area (Å²) in [5, 5.41) is 0. The van der Waals surface area contributed by atoms with Crippen molar-refractivity contribution in [2.75, 3.05) is 14.2 Å². The molecule has 0 saturated heterocycles. The molecule has 0 bridgehead atoms. The van der Waals surface area contributed by atoms with Gasteiger partial charge in [-0.15, -0.1) is 0 Å². The number of pyridine rings is 2. The Kier molecular flexibility index (Phi) is 6.20. The molecule has 0 fully saturated rings. The molecule has 1 aromatic carbocycles. The van der Waals surface area contributed by atoms with Gasteiger partial charge in [0.1, 0.15) is 10.6 Å². The first-order valence-electron chi connectivity index (χ1n) is 8.56. The van der Waals surface area contributed by atoms with Crippen LogP contribution in [0.1, 0.15) is 15.9 Å². The number of sulfonamides is 1. The molecule has 3 aromatic rings. The van der Waals surface area contributed by atoms with Crippen molar-refractivity contribution in [3.8, 4) is 17.0 Å². The van der Waals surface area contributed by atoms with Gasteiger partial charge in [-0.05, 0) is 42.0 Å². The molecule has 0 atom stereocenters. The fourth-order valence-corrected chi connectivity index (χ4v) is 3.93. The van der Waals surface area contributed by atoms with Gasteiger partial charge in [-0.1, -0.05) is 6.07 Å². The summed E-state index contributed by atoms with van der Waals surface area (Å²) in [5.74, 6) is -0.526. The van der Waals surface area contributed by atoms with Gasteiger partial charge in [-0.2, -0.15) is 0 Å². The Morgan fingerprint density at radius 3 is 2.52 bits per heavy atom. The number of carbonyl (C=O) groups excluding carboxylic acids is 1. The fourth-order valence-electron chi connectivity index (χ4n) is 2.73. The van der Waals surface area contributed by atoms with E-state index in [1.54, 1.807) is 42.9 Å². The minimum atomic E-state index is -3.99. The predicted molar refractivity (Wildman–Crippen MR) is 106 cm³/mol. The van der Waals surface area contributed by atoms with Gasteiger partial charge in [0.2, 0.25) is 10.0 Å². The third-order valence-electron chi connectivity index (χ3n) is 4.17. The second-order valence-electron chi connectivity index (χ2n) is 5.93. The van der Waals surface area contributed by atoms with Crippen molar-refractivity contribution < 1.29 is 22.7 Å². The maximum atomic E-state index is 12.9. The monoisotopic (exact) mass is 413 g/mol. The van der Waals surface area contributed by atoms with E-state index in [2.05, 4.69) is 19.4 Å². The first-order chi connectivity index (χ1) is 14.0. The van der Waals surface area contributed by atoms with Crippen LogP contribution in [0.4, 0.5) is 0 Å². The van der Waals surface area contributed by atoms with Crippen molar-refractivity contribution >= 4 is 16.0 Å². The summed E-state index contributed by atoms with van der Waals surface area (Å²) >= 11 is 0. The van der Waals surface area contributed by atoms with E-state index in [4.69, 9.17) is 4.74 Å². The van der Waals surface area contributed by atoms with Crippen LogP contribution >= 0.6 is 0 Å². The van der Waals surface area contributed by atoms with Gasteiger partial charge in [-0.3, -0.25) is 9.97 Å². The molecule has 29 heavy (non-hydrogen) atoms. The van der Waals surface area contributed by atoms with E-state index in [0.29, 0.717) is 11.3 Å². The molecule has 0 saturated carbocycles. The summed E-state index contributed by atoms with van der Waals surface area (Å²) in [7, 11) is -1.41. The lowest BCUT2D eigenvalue weighted by molar-refractivity contribution is 0.0600. The van der Waals surface area contributed by atoms with Crippen LogP contribution in [0.25, 0.3) is 11.3 Å². The number of esters is 1. The Morgan fingerprint density at radius 1 is 1.07 bits per heavy atom. The SMILES string of the molecule is COC(=O)c1ccc(OC)c(S(=O)(=O)NCc2cccnc2-c2ccncc2)c1. The number of hydrogen-bond donors (Lipinski definition) is 1. The molecule has 0 amide bonds. The molecule has 0 unspecified atom stereocenters. The summed E-state index contributed by atoms with van der Waals surface area (Å²) in [5.41, 5.74) is 2.26. The quantitative estimate of drug-likeness (QED) is 0.593. The minimum absolute atomic E-state index is 0.000560. The number of benzene rings is 1. The normalized spacial score (nSPS) is 11.1. The summed E-state index contributed by atoms with van der Waals surface area (Å²) in [4.78, 5) is 20.0. The molecule has 8 nitrogen and oxygen atoms in total. The fraction of sp³-hybridized carbons (Fsp3) is 0.150. The van der Waals surface area contributed by atoms with Crippen LogP contribution in [-0.2, 0) is 21.3 Å². The Labute approximate surface area is 168 Å². The molecule has 2 aromatic heterocycles. The smallest absolute Gasteiger partial charge is 0.337 e. The first kappa shape index (κ1) is 20.4. The highest BCUT2D eigenvalue weighted by atomic mass is 32.2. The largest absolute Gasteiger partial charge is 0.495 e. The average molecular weight is 413 g/mol. The van der Waals surface area contributed by atoms with E-state index in [-0.39, 0.29) is 22.8 Å². The number of methoxy groups -OCH3 is 2. The number of nitrogens with one attached hydrogen (secondary N) is 1. The van der Waals surface area contributed by atoms with Crippen molar-refractivity contribution in [2.45, 2.75) is 11.4 Å². The molecule has 0 aliphatic rings. The predicted octanol–water partition coefficient (Wildman–Crippen LogP) is 2.42. The van der Waals surface area contributed by atoms with Crippen LogP contribution in [0.2, 0.25) is 0 Å². The van der Waals surface area contributed by atoms with Crippen molar-refractivity contribution in [3.63, 3.8) is 0 Å². The van der Waals surface area contributed by atoms with Gasteiger partial charge >= 0.3 is 5.97 Å². The van der Waals surface area contributed by atoms with E-state index in [9.17, 15) is 13.2 Å². The number of carbonyl (C=O) groups is 1. The minimum Gasteiger partial charge on any atom is -0.495 e. The molecular weight excluding hydrogens is 394 g/mol. The number of nitrogens with zero attached hydrogens (tertiary/aromatic N) is 2. The number of ether oxygens (including phenoxy) is 2. The molecule has 0 aliphatic heterocycles. The lowest BCUT2D eigenvalue weighted by atomic mass is 10.1. The van der Waals surface area contributed by atoms with Crippen molar-refractivity contribution in [3.05, 3.63) is 72.2 Å². The third kappa shape index (κ3) is 4.58. The molecule has 9 heteroatoms. The highest BCUT2D eigenvalue weighted by Crippen LogP contribution is 2.26. The Bertz CT molecular complexity index is 1120. The van der Waals surface area contributed by atoms with E-state index >= 15 is 0 Å². The topological polar surface area (TPSA) is 107 Å². The molecular formula is C20H19N3O5S. The van der Waals surface area contributed by atoms with Gasteiger partial charge in [0.25, 0.3) is 0 Å². The van der Waals surface area contributed by atoms with E-state index in [1.807, 2.05) is 0 Å². The van der Waals surface area contributed by atoms with E-state index in [1.165, 1.54) is 32.4 Å². The van der Waals surface area contributed by atoms with Crippen LogP contribution in [0.3, 0.4) is 0 Å². The molecule has 3 rings (SSSR count). The Morgan fingerprint density at radius 2 is 1.83 bits per heavy atom. The Hall–Kier alpha value is -3.30. The van der Waals surface area contributed by atoms with Gasteiger partial charge < -0.3 is 9.47 Å². The summed E-state index contributed by atoms with van der Waals surface area (Å²) in [6, 6.07) is 11.2. The van der Waals surface area contributed by atoms with E-state index in [0.717, 1.165) is 5.56 Å². The molecule has 1 N–H and O–H groups in total. The van der Waals surface area contributed by atoms with Crippen LogP contribution < -0.4 is 9.46 Å². The standard InChI is InChI=1S/C20H19N3O5S/c1-27-17-6-5-15(20(24)28-2)12-18(17)29(25,26)23-13-16-4-3-9-22-19(16)14-7-10-21-11-8-14/h3-12,23H,13H2,1-2H3. The lowest BCUT2D eigenvalue weighted by Crippen LogP contribution is -2.24. The van der Waals surface area contributed by atoms with Crippen LogP contribution in [0.15, 0.2) is 66.0 Å². The maximum absolute atomic E-state index is 12.9. The zero-order valence-electron chi connectivity index (χ0n) is 15.8. The second-order valence-corrected chi connectivity index (χ2v) is 7.66. The van der Waals surface area contributed by atoms with Crippen LogP contribution in [0.5, 0.6) is 5.75 Å². The Balaban J connectivity index is 1.91. The van der Waals surface area contributed by atoms with Crippen LogP contribution in [-0.4, -0.2) is 38.6 Å². The van der Waals surface area contributed by atoms with Crippen molar-refractivity contribution in [1.29, 1.82) is 0 Å². The molecule has 0 aliphatic carbocycles. The van der Waals surface area contributed by atoms with Crippen LogP contribution in [0, 0.1) is 0 Å². The third-order valence-corrected chi connectivity index (χ3v) is 5.59. The number of hydrogen-bond acceptors (Lipinski definition) is 7. The highest BCUT2D eigenvalue weighted by molar-refractivity contribution is 7.89. The van der Waals surface area contributed by atoms with Gasteiger partial charge in [0.15, 0.2) is 0 Å². The van der Waals surface area contributed by atoms with Gasteiger partial charge in [-0.25, -0.2) is 17.9 Å². The molecule has 150 valence electrons. The maximum Gasteiger partial charge on any atom is 0.337 e. The zero-order chi connectivity index (χ0) is 20.9. The second kappa shape index (κ2) is 8.80. The summed E-state index contributed by atoms with van der Waals surface area (Å²) < 4.78 is 38.2. The lowest BCUT2D eigenvalue weighted by Gasteiger charge is -2.13. The van der Waals surface area contributed by atoms with Gasteiger partial charge in [0.05, 0.1) is 25.5 Å². The molecule has 0 radical (unpaired) electrons. The number of aromatic nitrogens is 2.